The SMILES string of the molecule is N=COBCCSSCC(=O)O. The molecule has 0 atom stereocenters. The molecule has 0 saturated carbocycles. The van der Waals surface area contributed by atoms with Crippen LogP contribution in [0.5, 0.6) is 0 Å². The largest absolute Gasteiger partial charge is 0.557 e. The number of carboxylic acids is 1. The van der Waals surface area contributed by atoms with Crippen LogP contribution in [0.1, 0.15) is 0 Å². The highest BCUT2D eigenvalue weighted by Crippen LogP contribution is 2.21. The third kappa shape index (κ3) is 9.70. The van der Waals surface area contributed by atoms with E-state index in [-0.39, 0.29) is 5.75 Å². The average Bonchev–Trinajstić information content (AvgIpc) is 2.02. The number of carboxylic acid groups (broad SMARTS) is 1. The van der Waals surface area contributed by atoms with Crippen LogP contribution in [0.2, 0.25) is 6.32 Å². The van der Waals surface area contributed by atoms with Crippen LogP contribution in [-0.2, 0) is 9.45 Å². The van der Waals surface area contributed by atoms with Crippen molar-refractivity contribution in [1.82, 2.24) is 0 Å². The quantitative estimate of drug-likeness (QED) is 0.203. The second-order valence-electron chi connectivity index (χ2n) is 1.82. The minimum atomic E-state index is -0.789. The van der Waals surface area contributed by atoms with Gasteiger partial charge < -0.3 is 9.76 Å². The summed E-state index contributed by atoms with van der Waals surface area (Å²) in [6, 6.07) is 0. The molecule has 0 aliphatic carbocycles. The molecule has 0 heterocycles. The maximum Gasteiger partial charge on any atom is 0.342 e. The van der Waals surface area contributed by atoms with Crippen molar-refractivity contribution in [2.24, 2.45) is 0 Å². The van der Waals surface area contributed by atoms with E-state index in [4.69, 9.17) is 10.5 Å². The molecule has 0 aromatic rings. The summed E-state index contributed by atoms with van der Waals surface area (Å²) in [5.74, 6) is 0.199. The van der Waals surface area contributed by atoms with Crippen molar-refractivity contribution in [3.05, 3.63) is 0 Å². The van der Waals surface area contributed by atoms with E-state index in [1.807, 2.05) is 0 Å². The standard InChI is InChI=1S/C5H10BNO3S2/c7-4-10-6-1-2-11-12-3-5(8)9/h4,6-7H,1-3H2,(H,8,9). The van der Waals surface area contributed by atoms with E-state index in [0.29, 0.717) is 7.48 Å². The lowest BCUT2D eigenvalue weighted by molar-refractivity contribution is -0.133. The van der Waals surface area contributed by atoms with Crippen molar-refractivity contribution in [3.63, 3.8) is 0 Å². The Labute approximate surface area is 79.6 Å². The van der Waals surface area contributed by atoms with E-state index in [1.54, 1.807) is 0 Å². The van der Waals surface area contributed by atoms with E-state index >= 15 is 0 Å². The lowest BCUT2D eigenvalue weighted by atomic mass is 9.98. The number of carbonyl (C=O) groups is 1. The predicted octanol–water partition coefficient (Wildman–Crippen LogP) is 0.846. The fraction of sp³-hybridized carbons (Fsp3) is 0.600. The summed E-state index contributed by atoms with van der Waals surface area (Å²) >= 11 is 0. The van der Waals surface area contributed by atoms with Crippen molar-refractivity contribution >= 4 is 41.4 Å². The summed E-state index contributed by atoms with van der Waals surface area (Å²) in [6.45, 7) is 0. The molecule has 4 nitrogen and oxygen atoms in total. The van der Waals surface area contributed by atoms with Gasteiger partial charge in [0.05, 0.1) is 0 Å². The molecule has 0 unspecified atom stereocenters. The zero-order valence-electron chi connectivity index (χ0n) is 6.49. The first kappa shape index (κ1) is 11.7. The van der Waals surface area contributed by atoms with Gasteiger partial charge in [0.2, 0.25) is 0 Å². The molecule has 68 valence electrons. The number of aliphatic carboxylic acids is 1. The summed E-state index contributed by atoms with van der Waals surface area (Å²) in [5.41, 5.74) is 0. The number of nitrogens with one attached hydrogen (secondary N) is 1. The van der Waals surface area contributed by atoms with Crippen molar-refractivity contribution in [2.75, 3.05) is 11.5 Å². The highest BCUT2D eigenvalue weighted by atomic mass is 33.1. The summed E-state index contributed by atoms with van der Waals surface area (Å²) in [6.07, 6.45) is 1.75. The van der Waals surface area contributed by atoms with Crippen LogP contribution in [0.3, 0.4) is 0 Å². The van der Waals surface area contributed by atoms with Gasteiger partial charge in [0.1, 0.15) is 12.2 Å². The van der Waals surface area contributed by atoms with E-state index < -0.39 is 5.97 Å². The van der Waals surface area contributed by atoms with Gasteiger partial charge in [-0.05, 0) is 6.32 Å². The van der Waals surface area contributed by atoms with Gasteiger partial charge in [-0.15, -0.1) is 0 Å². The second kappa shape index (κ2) is 8.80. The first-order valence-electron chi connectivity index (χ1n) is 3.34. The Balaban J connectivity index is 2.90. The molecular weight excluding hydrogens is 197 g/mol. The molecule has 0 radical (unpaired) electrons. The van der Waals surface area contributed by atoms with Crippen molar-refractivity contribution in [2.45, 2.75) is 6.32 Å². The maximum atomic E-state index is 10.0. The molecular formula is C5H10BNO3S2. The van der Waals surface area contributed by atoms with Crippen LogP contribution in [0.25, 0.3) is 0 Å². The molecule has 0 aliphatic rings. The first-order valence-corrected chi connectivity index (χ1v) is 5.83. The Morgan fingerprint density at radius 1 is 1.67 bits per heavy atom. The van der Waals surface area contributed by atoms with Crippen LogP contribution in [-0.4, -0.2) is 36.5 Å². The Bertz CT molecular complexity index is 147. The topological polar surface area (TPSA) is 70.4 Å². The third-order valence-corrected chi connectivity index (χ3v) is 3.18. The maximum absolute atomic E-state index is 10.0. The normalized spacial score (nSPS) is 9.00. The number of hydrogen-bond donors (Lipinski definition) is 2. The van der Waals surface area contributed by atoms with Gasteiger partial charge in [-0.1, -0.05) is 21.6 Å². The van der Waals surface area contributed by atoms with E-state index in [0.717, 1.165) is 18.5 Å². The van der Waals surface area contributed by atoms with Gasteiger partial charge in [0.25, 0.3) is 0 Å². The van der Waals surface area contributed by atoms with Crippen LogP contribution < -0.4 is 0 Å². The number of rotatable bonds is 8. The summed E-state index contributed by atoms with van der Waals surface area (Å²) in [7, 11) is 3.37. The fourth-order valence-corrected chi connectivity index (χ4v) is 2.21. The van der Waals surface area contributed by atoms with Gasteiger partial charge >= 0.3 is 13.5 Å². The lowest BCUT2D eigenvalue weighted by Gasteiger charge is -1.96. The molecule has 12 heavy (non-hydrogen) atoms. The molecule has 0 aliphatic heterocycles. The summed E-state index contributed by atoms with van der Waals surface area (Å²) < 4.78 is 4.66. The van der Waals surface area contributed by atoms with E-state index in [1.165, 1.54) is 21.6 Å². The monoisotopic (exact) mass is 207 g/mol. The molecule has 0 rings (SSSR count). The molecule has 0 bridgehead atoms. The molecule has 7 heteroatoms. The zero-order chi connectivity index (χ0) is 9.23. The molecule has 0 fully saturated rings. The minimum absolute atomic E-state index is 0.135. The van der Waals surface area contributed by atoms with E-state index in [9.17, 15) is 4.79 Å². The van der Waals surface area contributed by atoms with Crippen molar-refractivity contribution in [3.8, 4) is 0 Å². The van der Waals surface area contributed by atoms with Crippen molar-refractivity contribution in [1.29, 1.82) is 5.41 Å². The van der Waals surface area contributed by atoms with Gasteiger partial charge in [-0.3, -0.25) is 10.2 Å². The Kier molecular flexibility index (Phi) is 8.58. The van der Waals surface area contributed by atoms with Crippen LogP contribution in [0.4, 0.5) is 0 Å². The molecule has 0 aromatic heterocycles. The predicted molar refractivity (Wildman–Crippen MR) is 54.4 cm³/mol. The van der Waals surface area contributed by atoms with Crippen molar-refractivity contribution < 1.29 is 14.6 Å². The third-order valence-electron chi connectivity index (χ3n) is 0.839. The van der Waals surface area contributed by atoms with Gasteiger partial charge in [-0.25, -0.2) is 0 Å². The Morgan fingerprint density at radius 3 is 3.00 bits per heavy atom. The molecule has 2 N–H and O–H groups in total. The van der Waals surface area contributed by atoms with Crippen LogP contribution >= 0.6 is 21.6 Å². The molecule has 0 aromatic carbocycles. The van der Waals surface area contributed by atoms with Gasteiger partial charge in [0.15, 0.2) is 0 Å². The van der Waals surface area contributed by atoms with Gasteiger partial charge in [0, 0.05) is 5.75 Å². The minimum Gasteiger partial charge on any atom is -0.557 e. The Morgan fingerprint density at radius 2 is 2.42 bits per heavy atom. The highest BCUT2D eigenvalue weighted by Gasteiger charge is 1.97. The van der Waals surface area contributed by atoms with Crippen LogP contribution in [0.15, 0.2) is 0 Å². The Hall–Kier alpha value is -0.295. The molecule has 0 saturated heterocycles. The first-order chi connectivity index (χ1) is 5.77. The van der Waals surface area contributed by atoms with E-state index in [2.05, 4.69) is 4.65 Å². The van der Waals surface area contributed by atoms with Crippen LogP contribution in [0, 0.1) is 5.41 Å². The summed E-state index contributed by atoms with van der Waals surface area (Å²) in [4.78, 5) is 10.0. The molecule has 0 spiro atoms. The zero-order valence-corrected chi connectivity index (χ0v) is 8.12. The average molecular weight is 207 g/mol. The molecule has 0 amide bonds. The van der Waals surface area contributed by atoms with Gasteiger partial charge in [-0.2, -0.15) is 0 Å². The smallest absolute Gasteiger partial charge is 0.342 e. The summed E-state index contributed by atoms with van der Waals surface area (Å²) in [5, 5.41) is 14.8. The lowest BCUT2D eigenvalue weighted by Crippen LogP contribution is -1.98. The number of hydrogen-bond acceptors (Lipinski definition) is 5. The highest BCUT2D eigenvalue weighted by molar-refractivity contribution is 8.76. The second-order valence-corrected chi connectivity index (χ2v) is 4.40. The fourth-order valence-electron chi connectivity index (χ4n) is 0.411.